The minimum absolute atomic E-state index is 0.166. The van der Waals surface area contributed by atoms with Crippen LogP contribution in [0, 0.1) is 6.92 Å². The van der Waals surface area contributed by atoms with Crippen molar-refractivity contribution in [1.82, 2.24) is 14.7 Å². The number of anilines is 1. The lowest BCUT2D eigenvalue weighted by Crippen LogP contribution is -2.45. The van der Waals surface area contributed by atoms with Crippen LogP contribution in [0.4, 0.5) is 5.82 Å². The van der Waals surface area contributed by atoms with E-state index in [0.717, 1.165) is 0 Å². The average Bonchev–Trinajstić information content (AvgIpc) is 3.07. The third kappa shape index (κ3) is 3.47. The monoisotopic (exact) mass is 412 g/mol. The first-order valence-corrected chi connectivity index (χ1v) is 9.52. The van der Waals surface area contributed by atoms with Crippen molar-refractivity contribution in [1.29, 1.82) is 0 Å². The van der Waals surface area contributed by atoms with E-state index in [2.05, 4.69) is 10.4 Å². The second-order valence-corrected chi connectivity index (χ2v) is 7.98. The van der Waals surface area contributed by atoms with Gasteiger partial charge in [-0.25, -0.2) is 4.79 Å². The molecule has 0 unspecified atom stereocenters. The first-order chi connectivity index (χ1) is 14.0. The van der Waals surface area contributed by atoms with Gasteiger partial charge in [0, 0.05) is 18.2 Å². The van der Waals surface area contributed by atoms with Gasteiger partial charge in [0.1, 0.15) is 11.4 Å². The molecule has 1 aromatic carbocycles. The maximum absolute atomic E-state index is 12.9. The Balaban J connectivity index is 1.94. The minimum atomic E-state index is -0.684. The predicted molar refractivity (Wildman–Crippen MR) is 109 cm³/mol. The van der Waals surface area contributed by atoms with Crippen LogP contribution in [0.15, 0.2) is 18.2 Å². The number of aryl methyl sites for hydroxylation is 2. The number of amides is 3. The molecule has 3 rings (SSSR count). The van der Waals surface area contributed by atoms with Crippen molar-refractivity contribution < 1.29 is 23.9 Å². The zero-order valence-corrected chi connectivity index (χ0v) is 17.8. The van der Waals surface area contributed by atoms with Gasteiger partial charge in [-0.3, -0.25) is 24.0 Å². The molecule has 1 aliphatic heterocycles. The molecule has 9 nitrogen and oxygen atoms in total. The molecule has 1 aromatic heterocycles. The first kappa shape index (κ1) is 21.2. The molecule has 2 heterocycles. The van der Waals surface area contributed by atoms with Crippen LogP contribution in [-0.2, 0) is 11.8 Å². The van der Waals surface area contributed by atoms with Crippen molar-refractivity contribution in [2.24, 2.45) is 7.05 Å². The summed E-state index contributed by atoms with van der Waals surface area (Å²) in [7, 11) is 1.59. The number of hydrogen-bond donors (Lipinski definition) is 1. The summed E-state index contributed by atoms with van der Waals surface area (Å²) in [6.45, 7) is 8.82. The largest absolute Gasteiger partial charge is 0.462 e. The van der Waals surface area contributed by atoms with Crippen molar-refractivity contribution in [3.05, 3.63) is 46.1 Å². The van der Waals surface area contributed by atoms with Crippen LogP contribution >= 0.6 is 0 Å². The minimum Gasteiger partial charge on any atom is -0.462 e. The van der Waals surface area contributed by atoms with Gasteiger partial charge < -0.3 is 10.1 Å². The second kappa shape index (κ2) is 7.40. The molecule has 9 heteroatoms. The maximum Gasteiger partial charge on any atom is 0.343 e. The molecule has 158 valence electrons. The number of imide groups is 1. The Morgan fingerprint density at radius 3 is 2.37 bits per heavy atom. The van der Waals surface area contributed by atoms with Crippen LogP contribution in [0.1, 0.15) is 74.8 Å². The third-order valence-electron chi connectivity index (χ3n) is 4.75. The molecule has 1 N–H and O–H groups in total. The third-order valence-corrected chi connectivity index (χ3v) is 4.75. The van der Waals surface area contributed by atoms with Gasteiger partial charge in [0.15, 0.2) is 0 Å². The number of esters is 1. The number of rotatable bonds is 4. The lowest BCUT2D eigenvalue weighted by Gasteiger charge is -2.29. The number of carbonyl (C=O) groups is 4. The van der Waals surface area contributed by atoms with Gasteiger partial charge in [0.25, 0.3) is 17.7 Å². The molecule has 0 spiro atoms. The number of nitrogens with one attached hydrogen (secondary N) is 1. The van der Waals surface area contributed by atoms with Crippen LogP contribution in [0.2, 0.25) is 0 Å². The SMILES string of the molecule is CCOC(=O)c1c(C)nn(C)c1NC(=O)c1ccc2c(c1)C(=O)N(C(C)(C)C)C2=O. The lowest BCUT2D eigenvalue weighted by atomic mass is 10.1. The lowest BCUT2D eigenvalue weighted by molar-refractivity contribution is 0.0501. The fourth-order valence-electron chi connectivity index (χ4n) is 3.42. The zero-order chi connectivity index (χ0) is 22.4. The Morgan fingerprint density at radius 2 is 1.77 bits per heavy atom. The summed E-state index contributed by atoms with van der Waals surface area (Å²) < 4.78 is 6.43. The molecule has 0 saturated carbocycles. The maximum atomic E-state index is 12.9. The van der Waals surface area contributed by atoms with E-state index in [1.807, 2.05) is 0 Å². The second-order valence-electron chi connectivity index (χ2n) is 7.98. The van der Waals surface area contributed by atoms with Crippen molar-refractivity contribution in [2.75, 3.05) is 11.9 Å². The van der Waals surface area contributed by atoms with Crippen molar-refractivity contribution in [2.45, 2.75) is 40.2 Å². The first-order valence-electron chi connectivity index (χ1n) is 9.52. The summed E-state index contributed by atoms with van der Waals surface area (Å²) in [6, 6.07) is 4.33. The van der Waals surface area contributed by atoms with E-state index in [-0.39, 0.29) is 40.6 Å². The fourth-order valence-corrected chi connectivity index (χ4v) is 3.42. The molecule has 0 radical (unpaired) electrons. The van der Waals surface area contributed by atoms with Gasteiger partial charge in [0.05, 0.1) is 23.4 Å². The molecule has 0 bridgehead atoms. The van der Waals surface area contributed by atoms with Crippen molar-refractivity contribution in [3.8, 4) is 0 Å². The van der Waals surface area contributed by atoms with Crippen LogP contribution < -0.4 is 5.32 Å². The van der Waals surface area contributed by atoms with E-state index in [1.165, 1.54) is 27.8 Å². The van der Waals surface area contributed by atoms with Crippen LogP contribution in [0.25, 0.3) is 0 Å². The number of hydrogen-bond acceptors (Lipinski definition) is 6. The Bertz CT molecular complexity index is 1080. The highest BCUT2D eigenvalue weighted by Crippen LogP contribution is 2.30. The summed E-state index contributed by atoms with van der Waals surface area (Å²) in [6.07, 6.45) is 0. The molecule has 2 aromatic rings. The normalized spacial score (nSPS) is 13.5. The van der Waals surface area contributed by atoms with Crippen LogP contribution in [0.3, 0.4) is 0 Å². The Labute approximate surface area is 174 Å². The van der Waals surface area contributed by atoms with Gasteiger partial charge >= 0.3 is 5.97 Å². The molecule has 3 amide bonds. The zero-order valence-electron chi connectivity index (χ0n) is 17.8. The van der Waals surface area contributed by atoms with Crippen LogP contribution in [0.5, 0.6) is 0 Å². The van der Waals surface area contributed by atoms with Gasteiger partial charge in [-0.2, -0.15) is 5.10 Å². The van der Waals surface area contributed by atoms with Gasteiger partial charge in [-0.1, -0.05) is 0 Å². The Kier molecular flexibility index (Phi) is 5.23. The van der Waals surface area contributed by atoms with E-state index < -0.39 is 23.3 Å². The average molecular weight is 412 g/mol. The molecule has 1 aliphatic rings. The Hall–Kier alpha value is -3.49. The van der Waals surface area contributed by atoms with E-state index >= 15 is 0 Å². The summed E-state index contributed by atoms with van der Waals surface area (Å²) in [5.41, 5.74) is 0.515. The number of carbonyl (C=O) groups excluding carboxylic acids is 4. The van der Waals surface area contributed by atoms with Crippen molar-refractivity contribution >= 4 is 29.5 Å². The van der Waals surface area contributed by atoms with Gasteiger partial charge in [-0.15, -0.1) is 0 Å². The van der Waals surface area contributed by atoms with E-state index in [4.69, 9.17) is 4.74 Å². The highest BCUT2D eigenvalue weighted by atomic mass is 16.5. The molecule has 30 heavy (non-hydrogen) atoms. The molecular weight excluding hydrogens is 388 g/mol. The molecule has 0 saturated heterocycles. The summed E-state index contributed by atoms with van der Waals surface area (Å²) in [4.78, 5) is 51.7. The van der Waals surface area contributed by atoms with E-state index in [1.54, 1.807) is 41.7 Å². The number of ether oxygens (including phenoxy) is 1. The fraction of sp³-hybridized carbons (Fsp3) is 0.381. The summed E-state index contributed by atoms with van der Waals surface area (Å²) in [5.74, 6) is -1.77. The highest BCUT2D eigenvalue weighted by molar-refractivity contribution is 6.22. The standard InChI is InChI=1S/C21H24N4O5/c1-7-30-20(29)15-11(2)23-24(6)16(15)22-17(26)12-8-9-13-14(10-12)19(28)25(18(13)27)21(3,4)5/h8-10H,7H2,1-6H3,(H,22,26). The Morgan fingerprint density at radius 1 is 1.13 bits per heavy atom. The molecular formula is C21H24N4O5. The van der Waals surface area contributed by atoms with Crippen molar-refractivity contribution in [3.63, 3.8) is 0 Å². The van der Waals surface area contributed by atoms with Gasteiger partial charge in [0.2, 0.25) is 0 Å². The summed E-state index contributed by atoms with van der Waals surface area (Å²) in [5, 5.41) is 6.84. The number of nitrogens with zero attached hydrogens (tertiary/aromatic N) is 3. The quantitative estimate of drug-likeness (QED) is 0.610. The molecule has 0 fully saturated rings. The number of aromatic nitrogens is 2. The highest BCUT2D eigenvalue weighted by Gasteiger charge is 2.42. The molecule has 0 aliphatic carbocycles. The van der Waals surface area contributed by atoms with E-state index in [9.17, 15) is 19.2 Å². The smallest absolute Gasteiger partial charge is 0.343 e. The summed E-state index contributed by atoms with van der Waals surface area (Å²) >= 11 is 0. The predicted octanol–water partition coefficient (Wildman–Crippen LogP) is 2.55. The van der Waals surface area contributed by atoms with Crippen LogP contribution in [-0.4, -0.2) is 50.5 Å². The topological polar surface area (TPSA) is 111 Å². The molecule has 0 atom stereocenters. The number of benzene rings is 1. The van der Waals surface area contributed by atoms with Gasteiger partial charge in [-0.05, 0) is 52.8 Å². The number of fused-ring (bicyclic) bond motifs is 1. The van der Waals surface area contributed by atoms with E-state index in [0.29, 0.717) is 5.69 Å².